The van der Waals surface area contributed by atoms with Crippen molar-refractivity contribution in [2.24, 2.45) is 5.10 Å². The topological polar surface area (TPSA) is 99.9 Å². The highest BCUT2D eigenvalue weighted by atomic mass is 32.2. The Morgan fingerprint density at radius 1 is 1.06 bits per heavy atom. The number of para-hydroxylation sites is 1. The minimum atomic E-state index is -0.250. The second-order valence-electron chi connectivity index (χ2n) is 6.44. The van der Waals surface area contributed by atoms with Gasteiger partial charge in [0.05, 0.1) is 33.3 Å². The predicted octanol–water partition coefficient (Wildman–Crippen LogP) is 3.23. The Labute approximate surface area is 190 Å². The molecule has 0 unspecified atom stereocenters. The zero-order valence-electron chi connectivity index (χ0n) is 18.4. The van der Waals surface area contributed by atoms with E-state index in [2.05, 4.69) is 20.7 Å². The summed E-state index contributed by atoms with van der Waals surface area (Å²) in [6, 6.07) is 13.0. The summed E-state index contributed by atoms with van der Waals surface area (Å²) in [5, 5.41) is 13.2. The zero-order chi connectivity index (χ0) is 22.9. The molecule has 3 rings (SSSR count). The highest BCUT2D eigenvalue weighted by Crippen LogP contribution is 2.32. The van der Waals surface area contributed by atoms with Crippen molar-refractivity contribution in [2.45, 2.75) is 18.6 Å². The van der Waals surface area contributed by atoms with E-state index in [0.29, 0.717) is 34.8 Å². The maximum Gasteiger partial charge on any atom is 0.250 e. The molecule has 0 aliphatic carbocycles. The number of hydrogen-bond donors (Lipinski definition) is 1. The first-order chi connectivity index (χ1) is 15.6. The minimum absolute atomic E-state index is 0.146. The minimum Gasteiger partial charge on any atom is -0.496 e. The average molecular weight is 456 g/mol. The summed E-state index contributed by atoms with van der Waals surface area (Å²) in [7, 11) is 4.76. The molecule has 9 nitrogen and oxygen atoms in total. The SMILES string of the molecule is CCn1c(SCC(=O)N/N=C\c2ccccc2OC)nnc1-c1ccc(OC)c(OC)c1. The smallest absolute Gasteiger partial charge is 0.250 e. The van der Waals surface area contributed by atoms with Crippen LogP contribution in [0, 0.1) is 0 Å². The van der Waals surface area contributed by atoms with E-state index in [4.69, 9.17) is 14.2 Å². The number of hydrazone groups is 1. The zero-order valence-corrected chi connectivity index (χ0v) is 19.2. The maximum absolute atomic E-state index is 12.2. The number of methoxy groups -OCH3 is 3. The van der Waals surface area contributed by atoms with E-state index >= 15 is 0 Å². The number of benzene rings is 2. The van der Waals surface area contributed by atoms with Crippen LogP contribution in [0.15, 0.2) is 52.7 Å². The third-order valence-corrected chi connectivity index (χ3v) is 5.51. The van der Waals surface area contributed by atoms with Crippen LogP contribution in [0.4, 0.5) is 0 Å². The number of ether oxygens (including phenoxy) is 3. The number of rotatable bonds is 10. The predicted molar refractivity (Wildman–Crippen MR) is 124 cm³/mol. The second kappa shape index (κ2) is 11.2. The van der Waals surface area contributed by atoms with Gasteiger partial charge in [-0.05, 0) is 37.3 Å². The Bertz CT molecular complexity index is 1100. The molecule has 2 aromatic carbocycles. The molecule has 0 fully saturated rings. The van der Waals surface area contributed by atoms with Gasteiger partial charge in [0.15, 0.2) is 22.5 Å². The van der Waals surface area contributed by atoms with Crippen molar-refractivity contribution in [2.75, 3.05) is 27.1 Å². The largest absolute Gasteiger partial charge is 0.496 e. The summed E-state index contributed by atoms with van der Waals surface area (Å²) in [5.41, 5.74) is 4.14. The molecule has 1 aromatic heterocycles. The fourth-order valence-corrected chi connectivity index (χ4v) is 3.77. The summed E-state index contributed by atoms with van der Waals surface area (Å²) in [6.07, 6.45) is 1.55. The van der Waals surface area contributed by atoms with Gasteiger partial charge < -0.3 is 18.8 Å². The van der Waals surface area contributed by atoms with Gasteiger partial charge in [-0.15, -0.1) is 10.2 Å². The Morgan fingerprint density at radius 2 is 1.81 bits per heavy atom. The van der Waals surface area contributed by atoms with Crippen molar-refractivity contribution in [3.05, 3.63) is 48.0 Å². The molecule has 0 aliphatic rings. The molecule has 168 valence electrons. The highest BCUT2D eigenvalue weighted by Gasteiger charge is 2.16. The average Bonchev–Trinajstić information content (AvgIpc) is 3.25. The Kier molecular flexibility index (Phi) is 8.09. The third-order valence-electron chi connectivity index (χ3n) is 4.54. The highest BCUT2D eigenvalue weighted by molar-refractivity contribution is 7.99. The summed E-state index contributed by atoms with van der Waals surface area (Å²) in [5.74, 6) is 2.51. The standard InChI is InChI=1S/C22H25N5O4S/c1-5-27-21(15-10-11-18(30-3)19(12-15)31-4)25-26-22(27)32-14-20(28)24-23-13-16-8-6-7-9-17(16)29-2/h6-13H,5,14H2,1-4H3,(H,24,28)/b23-13-. The van der Waals surface area contributed by atoms with Gasteiger partial charge in [-0.2, -0.15) is 5.10 Å². The number of carbonyl (C=O) groups is 1. The molecule has 32 heavy (non-hydrogen) atoms. The van der Waals surface area contributed by atoms with E-state index < -0.39 is 0 Å². The van der Waals surface area contributed by atoms with Crippen molar-refractivity contribution in [3.63, 3.8) is 0 Å². The van der Waals surface area contributed by atoms with Crippen molar-refractivity contribution in [3.8, 4) is 28.6 Å². The Balaban J connectivity index is 1.65. The van der Waals surface area contributed by atoms with E-state index in [1.165, 1.54) is 11.8 Å². The monoisotopic (exact) mass is 455 g/mol. The normalized spacial score (nSPS) is 10.9. The molecule has 0 aliphatic heterocycles. The molecule has 0 atom stereocenters. The lowest BCUT2D eigenvalue weighted by molar-refractivity contribution is -0.118. The van der Waals surface area contributed by atoms with Crippen molar-refractivity contribution in [1.82, 2.24) is 20.2 Å². The van der Waals surface area contributed by atoms with Gasteiger partial charge in [0.25, 0.3) is 5.91 Å². The van der Waals surface area contributed by atoms with Gasteiger partial charge in [-0.3, -0.25) is 4.79 Å². The molecule has 1 heterocycles. The molecular formula is C22H25N5O4S. The number of aromatic nitrogens is 3. The fraction of sp³-hybridized carbons (Fsp3) is 0.273. The molecule has 0 radical (unpaired) electrons. The van der Waals surface area contributed by atoms with Gasteiger partial charge in [-0.25, -0.2) is 5.43 Å². The second-order valence-corrected chi connectivity index (χ2v) is 7.39. The van der Waals surface area contributed by atoms with E-state index in [9.17, 15) is 4.79 Å². The molecule has 0 saturated carbocycles. The lowest BCUT2D eigenvalue weighted by atomic mass is 10.2. The summed E-state index contributed by atoms with van der Waals surface area (Å²) in [6.45, 7) is 2.64. The van der Waals surface area contributed by atoms with Crippen molar-refractivity contribution >= 4 is 23.9 Å². The first kappa shape index (κ1) is 23.1. The molecule has 0 saturated heterocycles. The van der Waals surface area contributed by atoms with E-state index in [1.54, 1.807) is 27.5 Å². The Morgan fingerprint density at radius 3 is 2.53 bits per heavy atom. The van der Waals surface area contributed by atoms with Crippen LogP contribution in [0.3, 0.4) is 0 Å². The van der Waals surface area contributed by atoms with Gasteiger partial charge in [-0.1, -0.05) is 23.9 Å². The van der Waals surface area contributed by atoms with Gasteiger partial charge in [0, 0.05) is 17.7 Å². The van der Waals surface area contributed by atoms with Gasteiger partial charge in [0.2, 0.25) is 0 Å². The quantitative estimate of drug-likeness (QED) is 0.285. The van der Waals surface area contributed by atoms with Gasteiger partial charge in [0.1, 0.15) is 5.75 Å². The number of thioether (sulfide) groups is 1. The van der Waals surface area contributed by atoms with Crippen LogP contribution >= 0.6 is 11.8 Å². The first-order valence-electron chi connectivity index (χ1n) is 9.84. The van der Waals surface area contributed by atoms with Crippen LogP contribution in [0.25, 0.3) is 11.4 Å². The van der Waals surface area contributed by atoms with Crippen molar-refractivity contribution in [1.29, 1.82) is 0 Å². The number of nitrogens with one attached hydrogen (secondary N) is 1. The number of hydrogen-bond acceptors (Lipinski definition) is 8. The van der Waals surface area contributed by atoms with Gasteiger partial charge >= 0.3 is 0 Å². The summed E-state index contributed by atoms with van der Waals surface area (Å²) in [4.78, 5) is 12.2. The molecular weight excluding hydrogens is 430 g/mol. The van der Waals surface area contributed by atoms with E-state index in [1.807, 2.05) is 54.0 Å². The summed E-state index contributed by atoms with van der Waals surface area (Å²) < 4.78 is 17.9. The molecule has 3 aromatic rings. The maximum atomic E-state index is 12.2. The third kappa shape index (κ3) is 5.38. The van der Waals surface area contributed by atoms with Crippen LogP contribution in [-0.2, 0) is 11.3 Å². The van der Waals surface area contributed by atoms with Crippen LogP contribution in [0.1, 0.15) is 12.5 Å². The van der Waals surface area contributed by atoms with Crippen LogP contribution in [-0.4, -0.2) is 54.0 Å². The van der Waals surface area contributed by atoms with E-state index in [0.717, 1.165) is 11.1 Å². The lowest BCUT2D eigenvalue weighted by Crippen LogP contribution is -2.20. The number of nitrogens with zero attached hydrogens (tertiary/aromatic N) is 4. The van der Waals surface area contributed by atoms with Crippen molar-refractivity contribution < 1.29 is 19.0 Å². The Hall–Kier alpha value is -3.53. The fourth-order valence-electron chi connectivity index (χ4n) is 2.98. The molecule has 0 bridgehead atoms. The summed E-state index contributed by atoms with van der Waals surface area (Å²) >= 11 is 1.29. The van der Waals surface area contributed by atoms with Crippen LogP contribution < -0.4 is 19.6 Å². The molecule has 1 N–H and O–H groups in total. The number of amides is 1. The molecule has 0 spiro atoms. The van der Waals surface area contributed by atoms with Crippen LogP contribution in [0.2, 0.25) is 0 Å². The first-order valence-corrected chi connectivity index (χ1v) is 10.8. The molecule has 10 heteroatoms. The lowest BCUT2D eigenvalue weighted by Gasteiger charge is -2.10. The van der Waals surface area contributed by atoms with Crippen LogP contribution in [0.5, 0.6) is 17.2 Å². The van der Waals surface area contributed by atoms with E-state index in [-0.39, 0.29) is 11.7 Å². The number of carbonyl (C=O) groups excluding carboxylic acids is 1. The molecule has 1 amide bonds.